The smallest absolute Gasteiger partial charge is 0.0546 e. The van der Waals surface area contributed by atoms with Crippen molar-refractivity contribution in [2.75, 3.05) is 50.9 Å². The summed E-state index contributed by atoms with van der Waals surface area (Å²) in [6.45, 7) is 13.5. The lowest BCUT2D eigenvalue weighted by Crippen LogP contribution is -2.52. The van der Waals surface area contributed by atoms with E-state index >= 15 is 0 Å². The maximum Gasteiger partial charge on any atom is 0.0546 e. The molecule has 2 aliphatic rings. The molecule has 1 N–H and O–H groups in total. The van der Waals surface area contributed by atoms with Gasteiger partial charge in [0.05, 0.1) is 6.61 Å². The second-order valence-electron chi connectivity index (χ2n) is 7.50. The van der Waals surface area contributed by atoms with Crippen molar-refractivity contribution >= 4 is 11.8 Å². The van der Waals surface area contributed by atoms with Crippen LogP contribution in [0.3, 0.4) is 0 Å². The predicted molar refractivity (Wildman–Crippen MR) is 88.6 cm³/mol. The fraction of sp³-hybridized carbons (Fsp3) is 1.00. The summed E-state index contributed by atoms with van der Waals surface area (Å²) in [7, 11) is 0. The molecule has 0 spiro atoms. The van der Waals surface area contributed by atoms with E-state index in [-0.39, 0.29) is 5.54 Å². The van der Waals surface area contributed by atoms with Crippen LogP contribution in [0.25, 0.3) is 0 Å². The molecule has 1 unspecified atom stereocenters. The Morgan fingerprint density at radius 2 is 2.05 bits per heavy atom. The Morgan fingerprint density at radius 3 is 2.75 bits per heavy atom. The quantitative estimate of drug-likeness (QED) is 0.862. The molecule has 0 aromatic rings. The van der Waals surface area contributed by atoms with Gasteiger partial charge in [0.2, 0.25) is 0 Å². The lowest BCUT2D eigenvalue weighted by atomic mass is 9.81. The van der Waals surface area contributed by atoms with Crippen LogP contribution >= 0.6 is 11.8 Å². The third-order valence-electron chi connectivity index (χ3n) is 4.27. The minimum atomic E-state index is 0.194. The molecule has 3 nitrogen and oxygen atoms in total. The largest absolute Gasteiger partial charge is 0.381 e. The van der Waals surface area contributed by atoms with Gasteiger partial charge in [-0.15, -0.1) is 0 Å². The van der Waals surface area contributed by atoms with Crippen LogP contribution < -0.4 is 5.32 Å². The molecular weight excluding hydrogens is 268 g/mol. The van der Waals surface area contributed by atoms with Gasteiger partial charge in [-0.1, -0.05) is 0 Å². The Morgan fingerprint density at radius 1 is 1.20 bits per heavy atom. The normalized spacial score (nSPS) is 30.1. The van der Waals surface area contributed by atoms with E-state index in [2.05, 4.69) is 42.7 Å². The molecule has 4 heteroatoms. The topological polar surface area (TPSA) is 24.5 Å². The van der Waals surface area contributed by atoms with Gasteiger partial charge in [-0.05, 0) is 52.3 Å². The highest BCUT2D eigenvalue weighted by molar-refractivity contribution is 7.99. The number of rotatable bonds is 4. The number of nitrogens with zero attached hydrogens (tertiary/aromatic N) is 1. The molecule has 2 fully saturated rings. The minimum Gasteiger partial charge on any atom is -0.381 e. The third kappa shape index (κ3) is 5.55. The number of ether oxygens (including phenoxy) is 1. The zero-order valence-electron chi connectivity index (χ0n) is 13.5. The highest BCUT2D eigenvalue weighted by Crippen LogP contribution is 2.30. The Hall–Kier alpha value is 0.230. The zero-order valence-corrected chi connectivity index (χ0v) is 14.4. The van der Waals surface area contributed by atoms with Crippen molar-refractivity contribution in [3.63, 3.8) is 0 Å². The summed E-state index contributed by atoms with van der Waals surface area (Å²) in [6, 6.07) is 0. The van der Waals surface area contributed by atoms with E-state index in [0.717, 1.165) is 19.8 Å². The maximum absolute atomic E-state index is 5.85. The number of nitrogens with one attached hydrogen (secondary N) is 1. The molecular formula is C16H32N2OS. The number of hydrogen-bond acceptors (Lipinski definition) is 4. The van der Waals surface area contributed by atoms with Crippen molar-refractivity contribution in [2.45, 2.75) is 45.6 Å². The van der Waals surface area contributed by atoms with Crippen molar-refractivity contribution in [1.29, 1.82) is 0 Å². The van der Waals surface area contributed by atoms with Gasteiger partial charge in [0, 0.05) is 42.9 Å². The van der Waals surface area contributed by atoms with Crippen LogP contribution in [0.15, 0.2) is 0 Å². The van der Waals surface area contributed by atoms with Crippen LogP contribution in [0.5, 0.6) is 0 Å². The first-order chi connectivity index (χ1) is 9.49. The summed E-state index contributed by atoms with van der Waals surface area (Å²) >= 11 is 2.11. The van der Waals surface area contributed by atoms with Crippen molar-refractivity contribution in [3.8, 4) is 0 Å². The SMILES string of the molecule is CC(C)(C)NCC1(CN2CCCSCC2)CCCOC1. The van der Waals surface area contributed by atoms with Crippen LogP contribution in [0.4, 0.5) is 0 Å². The van der Waals surface area contributed by atoms with E-state index in [9.17, 15) is 0 Å². The molecule has 118 valence electrons. The minimum absolute atomic E-state index is 0.194. The molecule has 20 heavy (non-hydrogen) atoms. The second-order valence-corrected chi connectivity index (χ2v) is 8.73. The first-order valence-corrected chi connectivity index (χ1v) is 9.28. The molecule has 0 bridgehead atoms. The van der Waals surface area contributed by atoms with E-state index in [0.29, 0.717) is 5.41 Å². The first-order valence-electron chi connectivity index (χ1n) is 8.12. The predicted octanol–water partition coefficient (Wildman–Crippen LogP) is 2.61. The molecule has 0 radical (unpaired) electrons. The molecule has 2 saturated heterocycles. The molecule has 0 aromatic carbocycles. The lowest BCUT2D eigenvalue weighted by Gasteiger charge is -2.42. The van der Waals surface area contributed by atoms with Gasteiger partial charge in [0.1, 0.15) is 0 Å². The van der Waals surface area contributed by atoms with Crippen molar-refractivity contribution in [1.82, 2.24) is 10.2 Å². The highest BCUT2D eigenvalue weighted by atomic mass is 32.2. The van der Waals surface area contributed by atoms with E-state index < -0.39 is 0 Å². The van der Waals surface area contributed by atoms with Crippen LogP contribution in [-0.4, -0.2) is 61.3 Å². The lowest BCUT2D eigenvalue weighted by molar-refractivity contribution is -0.0277. The molecule has 2 aliphatic heterocycles. The standard InChI is InChI=1S/C16H32N2OS/c1-15(2,3)17-12-16(6-4-9-19-14-16)13-18-7-5-10-20-11-8-18/h17H,4-14H2,1-3H3. The number of thioether (sulfide) groups is 1. The zero-order chi connectivity index (χ0) is 14.5. The number of hydrogen-bond donors (Lipinski definition) is 1. The summed E-state index contributed by atoms with van der Waals surface area (Å²) < 4.78 is 5.85. The average molecular weight is 301 g/mol. The van der Waals surface area contributed by atoms with Gasteiger partial charge in [-0.3, -0.25) is 0 Å². The fourth-order valence-corrected chi connectivity index (χ4v) is 4.04. The van der Waals surface area contributed by atoms with Gasteiger partial charge >= 0.3 is 0 Å². The van der Waals surface area contributed by atoms with Gasteiger partial charge in [0.25, 0.3) is 0 Å². The summed E-state index contributed by atoms with van der Waals surface area (Å²) in [4.78, 5) is 2.68. The molecule has 0 aliphatic carbocycles. The van der Waals surface area contributed by atoms with Crippen LogP contribution in [-0.2, 0) is 4.74 Å². The molecule has 0 saturated carbocycles. The molecule has 2 heterocycles. The van der Waals surface area contributed by atoms with E-state index in [1.165, 1.54) is 50.4 Å². The van der Waals surface area contributed by atoms with E-state index in [1.54, 1.807) is 0 Å². The average Bonchev–Trinajstić information content (AvgIpc) is 2.66. The first kappa shape index (κ1) is 16.6. The second kappa shape index (κ2) is 7.48. The van der Waals surface area contributed by atoms with Gasteiger partial charge < -0.3 is 15.0 Å². The van der Waals surface area contributed by atoms with Crippen molar-refractivity contribution in [2.24, 2.45) is 5.41 Å². The van der Waals surface area contributed by atoms with Gasteiger partial charge in [-0.2, -0.15) is 11.8 Å². The van der Waals surface area contributed by atoms with Crippen LogP contribution in [0.1, 0.15) is 40.0 Å². The Kier molecular flexibility index (Phi) is 6.21. The van der Waals surface area contributed by atoms with Gasteiger partial charge in [-0.25, -0.2) is 0 Å². The van der Waals surface area contributed by atoms with Crippen LogP contribution in [0.2, 0.25) is 0 Å². The third-order valence-corrected chi connectivity index (χ3v) is 5.32. The van der Waals surface area contributed by atoms with Crippen molar-refractivity contribution < 1.29 is 4.74 Å². The molecule has 2 rings (SSSR count). The monoisotopic (exact) mass is 300 g/mol. The molecule has 0 aromatic heterocycles. The van der Waals surface area contributed by atoms with Gasteiger partial charge in [0.15, 0.2) is 0 Å². The molecule has 1 atom stereocenters. The highest BCUT2D eigenvalue weighted by Gasteiger charge is 2.35. The fourth-order valence-electron chi connectivity index (χ4n) is 3.11. The Labute approximate surface area is 129 Å². The van der Waals surface area contributed by atoms with Crippen molar-refractivity contribution in [3.05, 3.63) is 0 Å². The summed E-state index contributed by atoms with van der Waals surface area (Å²) in [6.07, 6.45) is 3.86. The Bertz CT molecular complexity index is 277. The molecule has 0 amide bonds. The van der Waals surface area contributed by atoms with Crippen LogP contribution in [0, 0.1) is 5.41 Å². The Balaban J connectivity index is 1.94. The van der Waals surface area contributed by atoms with E-state index in [1.807, 2.05) is 0 Å². The summed E-state index contributed by atoms with van der Waals surface area (Å²) in [5.74, 6) is 2.63. The van der Waals surface area contributed by atoms with E-state index in [4.69, 9.17) is 4.74 Å². The summed E-state index contributed by atoms with van der Waals surface area (Å²) in [5.41, 5.74) is 0.514. The summed E-state index contributed by atoms with van der Waals surface area (Å²) in [5, 5.41) is 3.73. The maximum atomic E-state index is 5.85.